The van der Waals surface area contributed by atoms with Crippen molar-refractivity contribution < 1.29 is 0 Å². The smallest absolute Gasteiger partial charge is 0.0907 e. The number of para-hydroxylation sites is 1. The lowest BCUT2D eigenvalue weighted by Crippen LogP contribution is -2.10. The summed E-state index contributed by atoms with van der Waals surface area (Å²) in [6.07, 6.45) is 3.74. The molecule has 0 unspecified atom stereocenters. The van der Waals surface area contributed by atoms with Gasteiger partial charge in [0.25, 0.3) is 0 Å². The van der Waals surface area contributed by atoms with E-state index in [1.165, 1.54) is 36.7 Å². The Bertz CT molecular complexity index is 2920. The number of pyridine rings is 3. The Morgan fingerprint density at radius 1 is 0.385 bits per heavy atom. The van der Waals surface area contributed by atoms with Crippen molar-refractivity contribution in [3.63, 3.8) is 0 Å². The lowest BCUT2D eigenvalue weighted by atomic mass is 10.00. The fraction of sp³-hybridized carbons (Fsp3) is 0. The topological polar surface area (TPSA) is 41.9 Å². The first-order valence-electron chi connectivity index (χ1n) is 17.3. The van der Waals surface area contributed by atoms with Crippen LogP contribution < -0.4 is 4.90 Å². The Morgan fingerprint density at radius 2 is 1.00 bits per heavy atom. The summed E-state index contributed by atoms with van der Waals surface area (Å²) in [6.45, 7) is 0. The van der Waals surface area contributed by atoms with E-state index < -0.39 is 0 Å². The van der Waals surface area contributed by atoms with Crippen LogP contribution in [0.15, 0.2) is 182 Å². The second-order valence-corrected chi connectivity index (χ2v) is 14.0. The number of hydrogen-bond acceptors (Lipinski definition) is 5. The number of fused-ring (bicyclic) bond motifs is 6. The van der Waals surface area contributed by atoms with Gasteiger partial charge in [-0.25, -0.2) is 4.98 Å². The average molecular weight is 683 g/mol. The molecular formula is C47H30N4S. The van der Waals surface area contributed by atoms with Gasteiger partial charge >= 0.3 is 0 Å². The molecule has 0 aliphatic carbocycles. The number of anilines is 3. The van der Waals surface area contributed by atoms with Crippen LogP contribution in [0.3, 0.4) is 0 Å². The molecule has 0 aliphatic rings. The van der Waals surface area contributed by atoms with Gasteiger partial charge in [-0.15, -0.1) is 11.3 Å². The molecule has 0 aliphatic heterocycles. The Labute approximate surface area is 305 Å². The molecule has 4 nitrogen and oxygen atoms in total. The highest BCUT2D eigenvalue weighted by molar-refractivity contribution is 7.25. The highest BCUT2D eigenvalue weighted by atomic mass is 32.1. The minimum atomic E-state index is 0.789. The zero-order chi connectivity index (χ0) is 34.4. The zero-order valence-corrected chi connectivity index (χ0v) is 28.8. The summed E-state index contributed by atoms with van der Waals surface area (Å²) in [6, 6.07) is 59.9. The molecule has 0 saturated carbocycles. The zero-order valence-electron chi connectivity index (χ0n) is 28.0. The van der Waals surface area contributed by atoms with Gasteiger partial charge in [-0.1, -0.05) is 103 Å². The summed E-state index contributed by atoms with van der Waals surface area (Å²) in [5.74, 6) is 0. The summed E-state index contributed by atoms with van der Waals surface area (Å²) in [7, 11) is 0. The molecule has 10 aromatic rings. The fourth-order valence-corrected chi connectivity index (χ4v) is 8.36. The number of aromatic nitrogens is 3. The number of hydrogen-bond donors (Lipinski definition) is 0. The summed E-state index contributed by atoms with van der Waals surface area (Å²) in [5.41, 5.74) is 9.99. The van der Waals surface area contributed by atoms with Crippen LogP contribution >= 0.6 is 11.3 Å². The van der Waals surface area contributed by atoms with E-state index >= 15 is 0 Å². The lowest BCUT2D eigenvalue weighted by Gasteiger charge is -2.26. The third-order valence-corrected chi connectivity index (χ3v) is 10.9. The quantitative estimate of drug-likeness (QED) is 0.164. The Hall–Kier alpha value is -6.69. The molecule has 6 aromatic carbocycles. The molecule has 0 atom stereocenters. The maximum atomic E-state index is 5.15. The molecule has 5 heteroatoms. The molecular weight excluding hydrogens is 653 g/mol. The SMILES string of the molecule is c1ccc(-c2ccc(N(c3ccnc(-c4cc(-c5nc6ccccc6c6ccccc56)ccn4)c3)c3ccc4sc5ccccc5c4c3)cc2)cc1. The first kappa shape index (κ1) is 30.2. The summed E-state index contributed by atoms with van der Waals surface area (Å²) >= 11 is 1.83. The molecule has 0 N–H and O–H groups in total. The second-order valence-electron chi connectivity index (χ2n) is 12.9. The van der Waals surface area contributed by atoms with Gasteiger partial charge in [0.2, 0.25) is 0 Å². The van der Waals surface area contributed by atoms with E-state index in [1.807, 2.05) is 35.9 Å². The Morgan fingerprint density at radius 3 is 1.85 bits per heavy atom. The molecule has 10 rings (SSSR count). The minimum Gasteiger partial charge on any atom is -0.310 e. The number of thiophene rings is 1. The van der Waals surface area contributed by atoms with Crippen LogP contribution in [-0.2, 0) is 0 Å². The molecule has 0 radical (unpaired) electrons. The van der Waals surface area contributed by atoms with Gasteiger partial charge in [0.15, 0.2) is 0 Å². The van der Waals surface area contributed by atoms with E-state index in [0.29, 0.717) is 0 Å². The highest BCUT2D eigenvalue weighted by Crippen LogP contribution is 2.42. The van der Waals surface area contributed by atoms with E-state index in [4.69, 9.17) is 15.0 Å². The minimum absolute atomic E-state index is 0.789. The molecule has 0 bridgehead atoms. The van der Waals surface area contributed by atoms with Crippen molar-refractivity contribution in [2.45, 2.75) is 0 Å². The Kier molecular flexibility index (Phi) is 7.29. The molecule has 0 spiro atoms. The monoisotopic (exact) mass is 682 g/mol. The van der Waals surface area contributed by atoms with Crippen molar-refractivity contribution in [3.05, 3.63) is 182 Å². The summed E-state index contributed by atoms with van der Waals surface area (Å²) < 4.78 is 2.56. The number of nitrogens with zero attached hydrogens (tertiary/aromatic N) is 4. The molecule has 244 valence electrons. The van der Waals surface area contributed by atoms with Gasteiger partial charge in [0.1, 0.15) is 0 Å². The van der Waals surface area contributed by atoms with Crippen molar-refractivity contribution in [2.75, 3.05) is 4.90 Å². The molecule has 4 aromatic heterocycles. The van der Waals surface area contributed by atoms with Gasteiger partial charge in [0, 0.05) is 66.0 Å². The van der Waals surface area contributed by atoms with Crippen molar-refractivity contribution >= 4 is 70.2 Å². The van der Waals surface area contributed by atoms with Gasteiger partial charge in [0.05, 0.1) is 22.6 Å². The van der Waals surface area contributed by atoms with E-state index in [0.717, 1.165) is 56.0 Å². The van der Waals surface area contributed by atoms with Gasteiger partial charge in [-0.2, -0.15) is 0 Å². The largest absolute Gasteiger partial charge is 0.310 e. The van der Waals surface area contributed by atoms with Crippen LogP contribution in [0.2, 0.25) is 0 Å². The third kappa shape index (κ3) is 5.27. The predicted octanol–water partition coefficient (Wildman–Crippen LogP) is 13.0. The van der Waals surface area contributed by atoms with Crippen LogP contribution in [0.25, 0.3) is 75.6 Å². The second kappa shape index (κ2) is 12.6. The normalized spacial score (nSPS) is 11.5. The van der Waals surface area contributed by atoms with Crippen molar-refractivity contribution in [1.29, 1.82) is 0 Å². The molecule has 0 fully saturated rings. The average Bonchev–Trinajstić information content (AvgIpc) is 3.59. The van der Waals surface area contributed by atoms with Crippen LogP contribution in [0.1, 0.15) is 0 Å². The first-order valence-corrected chi connectivity index (χ1v) is 18.2. The van der Waals surface area contributed by atoms with E-state index in [1.54, 1.807) is 0 Å². The summed E-state index contributed by atoms with van der Waals surface area (Å²) in [5, 5.41) is 5.97. The standard InChI is InChI=1S/C47H30N4S/c1-2-10-31(11-3-1)32-18-20-34(21-19-32)51(35-22-23-46-41(29-35)39-14-7-9-17-45(39)52-46)36-25-27-49-44(30-36)43-28-33(24-26-48-43)47-40-15-5-4-12-37(40)38-13-6-8-16-42(38)50-47/h1-30H. The summed E-state index contributed by atoms with van der Waals surface area (Å²) in [4.78, 5) is 17.1. The van der Waals surface area contributed by atoms with Crippen LogP contribution in [0.4, 0.5) is 17.1 Å². The van der Waals surface area contributed by atoms with Crippen LogP contribution in [0, 0.1) is 0 Å². The maximum absolute atomic E-state index is 5.15. The lowest BCUT2D eigenvalue weighted by molar-refractivity contribution is 1.22. The van der Waals surface area contributed by atoms with Crippen LogP contribution in [-0.4, -0.2) is 15.0 Å². The van der Waals surface area contributed by atoms with Crippen molar-refractivity contribution in [1.82, 2.24) is 15.0 Å². The van der Waals surface area contributed by atoms with E-state index in [2.05, 4.69) is 163 Å². The maximum Gasteiger partial charge on any atom is 0.0907 e. The van der Waals surface area contributed by atoms with Crippen molar-refractivity contribution in [3.8, 4) is 33.8 Å². The third-order valence-electron chi connectivity index (χ3n) is 9.76. The van der Waals surface area contributed by atoms with Gasteiger partial charge in [-0.3, -0.25) is 9.97 Å². The molecule has 4 heterocycles. The van der Waals surface area contributed by atoms with E-state index in [-0.39, 0.29) is 0 Å². The molecule has 0 amide bonds. The molecule has 52 heavy (non-hydrogen) atoms. The Balaban J connectivity index is 1.10. The highest BCUT2D eigenvalue weighted by Gasteiger charge is 2.18. The first-order chi connectivity index (χ1) is 25.8. The predicted molar refractivity (Wildman–Crippen MR) is 219 cm³/mol. The van der Waals surface area contributed by atoms with E-state index in [9.17, 15) is 0 Å². The van der Waals surface area contributed by atoms with Gasteiger partial charge in [-0.05, 0) is 83.2 Å². The van der Waals surface area contributed by atoms with Crippen LogP contribution in [0.5, 0.6) is 0 Å². The van der Waals surface area contributed by atoms with Gasteiger partial charge < -0.3 is 4.90 Å². The number of rotatable bonds is 6. The molecule has 0 saturated heterocycles. The fourth-order valence-electron chi connectivity index (χ4n) is 7.27. The number of benzene rings is 6. The van der Waals surface area contributed by atoms with Crippen molar-refractivity contribution in [2.24, 2.45) is 0 Å².